The fourth-order valence-electron chi connectivity index (χ4n) is 3.43. The zero-order valence-electron chi connectivity index (χ0n) is 14.1. The molecule has 3 N–H and O–H groups in total. The summed E-state index contributed by atoms with van der Waals surface area (Å²) < 4.78 is 0. The van der Waals surface area contributed by atoms with Gasteiger partial charge in [0.25, 0.3) is 5.91 Å². The molecule has 0 aromatic heterocycles. The van der Waals surface area contributed by atoms with Gasteiger partial charge in [0.2, 0.25) is 0 Å². The van der Waals surface area contributed by atoms with Crippen LogP contribution in [0.4, 0.5) is 4.79 Å². The lowest BCUT2D eigenvalue weighted by Crippen LogP contribution is -2.44. The van der Waals surface area contributed by atoms with Gasteiger partial charge in [0.05, 0.1) is 23.9 Å². The Balaban J connectivity index is 1.55. The highest BCUT2D eigenvalue weighted by atomic mass is 16.3. The summed E-state index contributed by atoms with van der Waals surface area (Å²) in [6.07, 6.45) is 0.762. The van der Waals surface area contributed by atoms with Gasteiger partial charge in [-0.2, -0.15) is 0 Å². The fourth-order valence-corrected chi connectivity index (χ4v) is 3.43. The molecule has 0 spiro atoms. The van der Waals surface area contributed by atoms with Crippen LogP contribution in [-0.2, 0) is 11.2 Å². The minimum atomic E-state index is -0.506. The number of carbonyl (C=O) groups is 2. The summed E-state index contributed by atoms with van der Waals surface area (Å²) in [6.45, 7) is 0.997. The van der Waals surface area contributed by atoms with E-state index in [9.17, 15) is 14.7 Å². The van der Waals surface area contributed by atoms with E-state index in [-0.39, 0.29) is 17.7 Å². The average Bonchev–Trinajstić information content (AvgIpc) is 2.96. The first kappa shape index (κ1) is 16.2. The molecular formula is C20H19N3O3. The molecule has 2 aliphatic heterocycles. The van der Waals surface area contributed by atoms with E-state index in [1.807, 2.05) is 30.3 Å². The van der Waals surface area contributed by atoms with Crippen molar-refractivity contribution in [1.82, 2.24) is 15.5 Å². The van der Waals surface area contributed by atoms with Crippen molar-refractivity contribution < 1.29 is 14.7 Å². The average molecular weight is 349 g/mol. The van der Waals surface area contributed by atoms with E-state index in [1.54, 1.807) is 29.2 Å². The van der Waals surface area contributed by atoms with E-state index < -0.39 is 6.04 Å². The van der Waals surface area contributed by atoms with Crippen LogP contribution in [0.3, 0.4) is 0 Å². The van der Waals surface area contributed by atoms with Crippen molar-refractivity contribution >= 4 is 11.9 Å². The van der Waals surface area contributed by atoms with Gasteiger partial charge < -0.3 is 20.6 Å². The number of phenolic OH excluding ortho intramolecular Hbond substituents is 1. The molecule has 2 aromatic rings. The number of hydrogen-bond donors (Lipinski definition) is 3. The monoisotopic (exact) mass is 349 g/mol. The summed E-state index contributed by atoms with van der Waals surface area (Å²) in [5.41, 5.74) is 3.17. The number of urea groups is 1. The molecule has 0 aliphatic carbocycles. The number of nitrogens with zero attached hydrogens (tertiary/aromatic N) is 1. The molecule has 4 rings (SSSR count). The highest BCUT2D eigenvalue weighted by molar-refractivity contribution is 6.01. The van der Waals surface area contributed by atoms with Gasteiger partial charge in [-0.3, -0.25) is 4.79 Å². The number of aromatic hydroxyl groups is 1. The molecule has 26 heavy (non-hydrogen) atoms. The standard InChI is InChI=1S/C20H19N3O3/c24-15-8-6-14(7-9-15)18-17-16(21-20(26)22-18)12-23(19(17)25)11-10-13-4-2-1-3-5-13/h1-9,18,24H,10-12H2,(H2,21,22,26)/t18-/m0/s1. The predicted molar refractivity (Wildman–Crippen MR) is 96.3 cm³/mol. The molecule has 0 radical (unpaired) electrons. The van der Waals surface area contributed by atoms with Crippen LogP contribution in [0.15, 0.2) is 65.9 Å². The van der Waals surface area contributed by atoms with Crippen LogP contribution < -0.4 is 10.6 Å². The lowest BCUT2D eigenvalue weighted by atomic mass is 9.96. The van der Waals surface area contributed by atoms with E-state index in [4.69, 9.17) is 0 Å². The van der Waals surface area contributed by atoms with Crippen LogP contribution in [0.25, 0.3) is 0 Å². The maximum absolute atomic E-state index is 12.9. The van der Waals surface area contributed by atoms with Crippen molar-refractivity contribution in [2.24, 2.45) is 0 Å². The first-order chi connectivity index (χ1) is 12.6. The second kappa shape index (κ2) is 6.55. The Hall–Kier alpha value is -3.28. The molecule has 132 valence electrons. The van der Waals surface area contributed by atoms with Gasteiger partial charge in [0.1, 0.15) is 5.75 Å². The first-order valence-electron chi connectivity index (χ1n) is 8.54. The van der Waals surface area contributed by atoms with Crippen LogP contribution in [0, 0.1) is 0 Å². The van der Waals surface area contributed by atoms with E-state index in [0.29, 0.717) is 24.4 Å². The molecule has 0 saturated heterocycles. The lowest BCUT2D eigenvalue weighted by Gasteiger charge is -2.25. The summed E-state index contributed by atoms with van der Waals surface area (Å²) in [5, 5.41) is 15.1. The molecule has 6 nitrogen and oxygen atoms in total. The van der Waals surface area contributed by atoms with E-state index in [2.05, 4.69) is 10.6 Å². The fraction of sp³-hybridized carbons (Fsp3) is 0.200. The summed E-state index contributed by atoms with van der Waals surface area (Å²) in [7, 11) is 0. The number of hydrogen-bond acceptors (Lipinski definition) is 3. The number of amides is 3. The Labute approximate surface area is 151 Å². The molecule has 0 fully saturated rings. The smallest absolute Gasteiger partial charge is 0.319 e. The van der Waals surface area contributed by atoms with Gasteiger partial charge in [0, 0.05) is 6.54 Å². The molecule has 0 saturated carbocycles. The highest BCUT2D eigenvalue weighted by Crippen LogP contribution is 2.33. The Morgan fingerprint density at radius 1 is 1.04 bits per heavy atom. The molecule has 2 heterocycles. The topological polar surface area (TPSA) is 81.7 Å². The van der Waals surface area contributed by atoms with Crippen LogP contribution in [0.1, 0.15) is 17.2 Å². The Bertz CT molecular complexity index is 875. The zero-order valence-corrected chi connectivity index (χ0v) is 14.1. The zero-order chi connectivity index (χ0) is 18.1. The minimum absolute atomic E-state index is 0.0680. The molecule has 2 aliphatic rings. The van der Waals surface area contributed by atoms with Crippen molar-refractivity contribution in [3.63, 3.8) is 0 Å². The van der Waals surface area contributed by atoms with Crippen LogP contribution in [0.5, 0.6) is 5.75 Å². The van der Waals surface area contributed by atoms with Crippen LogP contribution in [0.2, 0.25) is 0 Å². The normalized spacial score (nSPS) is 19.2. The largest absolute Gasteiger partial charge is 0.508 e. The van der Waals surface area contributed by atoms with Gasteiger partial charge in [-0.1, -0.05) is 42.5 Å². The number of benzene rings is 2. The minimum Gasteiger partial charge on any atom is -0.508 e. The van der Waals surface area contributed by atoms with Crippen molar-refractivity contribution in [1.29, 1.82) is 0 Å². The maximum atomic E-state index is 12.9. The molecule has 1 atom stereocenters. The Morgan fingerprint density at radius 3 is 2.50 bits per heavy atom. The number of carbonyl (C=O) groups excluding carboxylic acids is 2. The number of rotatable bonds is 4. The third kappa shape index (κ3) is 3.01. The van der Waals surface area contributed by atoms with Crippen molar-refractivity contribution in [3.8, 4) is 5.75 Å². The van der Waals surface area contributed by atoms with Gasteiger partial charge in [-0.25, -0.2) is 4.79 Å². The summed E-state index contributed by atoms with van der Waals surface area (Å²) in [4.78, 5) is 26.7. The summed E-state index contributed by atoms with van der Waals surface area (Å²) >= 11 is 0. The SMILES string of the molecule is O=C1NC2=C(C(=O)N(CCc3ccccc3)C2)[C@H](c2ccc(O)cc2)N1. The molecule has 3 amide bonds. The molecule has 6 heteroatoms. The van der Waals surface area contributed by atoms with Crippen LogP contribution in [-0.4, -0.2) is 35.0 Å². The van der Waals surface area contributed by atoms with E-state index >= 15 is 0 Å². The number of phenols is 1. The predicted octanol–water partition coefficient (Wildman–Crippen LogP) is 2.09. The van der Waals surface area contributed by atoms with Gasteiger partial charge >= 0.3 is 6.03 Å². The molecule has 2 aromatic carbocycles. The van der Waals surface area contributed by atoms with Gasteiger partial charge in [-0.15, -0.1) is 0 Å². The van der Waals surface area contributed by atoms with Crippen molar-refractivity contribution in [2.75, 3.05) is 13.1 Å². The van der Waals surface area contributed by atoms with Gasteiger partial charge in [0.15, 0.2) is 0 Å². The van der Waals surface area contributed by atoms with Crippen molar-refractivity contribution in [2.45, 2.75) is 12.5 Å². The molecular weight excluding hydrogens is 330 g/mol. The van der Waals surface area contributed by atoms with Gasteiger partial charge in [-0.05, 0) is 29.7 Å². The highest BCUT2D eigenvalue weighted by Gasteiger charge is 2.40. The summed E-state index contributed by atoms with van der Waals surface area (Å²) in [5.74, 6) is 0.0759. The molecule has 0 unspecified atom stereocenters. The Kier molecular flexibility index (Phi) is 4.08. The number of nitrogens with one attached hydrogen (secondary N) is 2. The lowest BCUT2D eigenvalue weighted by molar-refractivity contribution is -0.125. The second-order valence-electron chi connectivity index (χ2n) is 6.48. The Morgan fingerprint density at radius 2 is 1.77 bits per heavy atom. The van der Waals surface area contributed by atoms with E-state index in [1.165, 1.54) is 5.56 Å². The maximum Gasteiger partial charge on any atom is 0.319 e. The van der Waals surface area contributed by atoms with Crippen molar-refractivity contribution in [3.05, 3.63) is 77.0 Å². The third-order valence-corrected chi connectivity index (χ3v) is 4.76. The summed E-state index contributed by atoms with van der Waals surface area (Å²) in [6, 6.07) is 15.7. The van der Waals surface area contributed by atoms with Crippen LogP contribution >= 0.6 is 0 Å². The first-order valence-corrected chi connectivity index (χ1v) is 8.54. The van der Waals surface area contributed by atoms with E-state index in [0.717, 1.165) is 12.0 Å². The quantitative estimate of drug-likeness (QED) is 0.790. The third-order valence-electron chi connectivity index (χ3n) is 4.76. The molecule has 0 bridgehead atoms. The second-order valence-corrected chi connectivity index (χ2v) is 6.48.